The number of rotatable bonds is 8. The van der Waals surface area contributed by atoms with E-state index in [1.165, 1.54) is 44.0 Å². The lowest BCUT2D eigenvalue weighted by Crippen LogP contribution is -2.48. The number of aliphatic hydroxyl groups excluding tert-OH is 1. The average molecular weight is 536 g/mol. The first kappa shape index (κ1) is 26.3. The highest BCUT2D eigenvalue weighted by Crippen LogP contribution is 2.40. The Balaban J connectivity index is 1.41. The van der Waals surface area contributed by atoms with Crippen LogP contribution in [0.25, 0.3) is 0 Å². The van der Waals surface area contributed by atoms with Crippen molar-refractivity contribution in [3.05, 3.63) is 76.6 Å². The van der Waals surface area contributed by atoms with Gasteiger partial charge in [0.05, 0.1) is 40.7 Å². The Morgan fingerprint density at radius 1 is 1.19 bits per heavy atom. The summed E-state index contributed by atoms with van der Waals surface area (Å²) in [5.41, 5.74) is -1.56. The molecular weight excluding hydrogens is 515 g/mol. The van der Waals surface area contributed by atoms with E-state index >= 15 is 0 Å². The zero-order valence-electron chi connectivity index (χ0n) is 19.3. The van der Waals surface area contributed by atoms with Crippen molar-refractivity contribution >= 4 is 23.4 Å². The van der Waals surface area contributed by atoms with Gasteiger partial charge in [0.2, 0.25) is 5.91 Å². The van der Waals surface area contributed by atoms with Gasteiger partial charge in [-0.3, -0.25) is 14.6 Å². The summed E-state index contributed by atoms with van der Waals surface area (Å²) in [6.07, 6.45) is 0.223. The largest absolute Gasteiger partial charge is 0.455 e. The second-order valence-electron chi connectivity index (χ2n) is 8.48. The van der Waals surface area contributed by atoms with Gasteiger partial charge in [0.1, 0.15) is 23.4 Å². The van der Waals surface area contributed by atoms with Crippen molar-refractivity contribution < 1.29 is 32.6 Å². The summed E-state index contributed by atoms with van der Waals surface area (Å²) in [5, 5.41) is 15.0. The van der Waals surface area contributed by atoms with E-state index in [2.05, 4.69) is 25.6 Å². The Kier molecular flexibility index (Phi) is 7.32. The van der Waals surface area contributed by atoms with Crippen LogP contribution in [0, 0.1) is 0 Å². The molecule has 1 aliphatic carbocycles. The standard InChI is InChI=1S/C24H21ClF3N5O4/c1-13(34)14-2-3-20(17(6-14)24(26,27)28)37-16-7-18(25)19(31-10-16)11-32-22(36)23(4-5-23)33-21(35)15-8-29-12-30-9-15/h2-3,6-10,12-13,34H,4-5,11H2,1H3,(H,32,36)(H,33,35). The number of amides is 2. The molecule has 13 heteroatoms. The molecule has 0 aliphatic heterocycles. The minimum Gasteiger partial charge on any atom is -0.455 e. The molecule has 0 radical (unpaired) electrons. The van der Waals surface area contributed by atoms with E-state index in [0.29, 0.717) is 12.8 Å². The number of aromatic nitrogens is 3. The summed E-state index contributed by atoms with van der Waals surface area (Å²) in [6.45, 7) is 1.27. The lowest BCUT2D eigenvalue weighted by atomic mass is 10.1. The monoisotopic (exact) mass is 535 g/mol. The zero-order valence-corrected chi connectivity index (χ0v) is 20.1. The molecule has 0 bridgehead atoms. The smallest absolute Gasteiger partial charge is 0.419 e. The molecule has 1 saturated carbocycles. The first-order valence-electron chi connectivity index (χ1n) is 11.1. The third-order valence-corrected chi connectivity index (χ3v) is 6.02. The number of nitrogens with zero attached hydrogens (tertiary/aromatic N) is 3. The number of carbonyl (C=O) groups is 2. The van der Waals surface area contributed by atoms with Crippen LogP contribution in [0.15, 0.2) is 49.2 Å². The summed E-state index contributed by atoms with van der Waals surface area (Å²) in [7, 11) is 0. The highest BCUT2D eigenvalue weighted by molar-refractivity contribution is 6.31. The Labute approximate surface area is 214 Å². The molecule has 1 aliphatic rings. The fraction of sp³-hybridized carbons (Fsp3) is 0.292. The number of hydrogen-bond donors (Lipinski definition) is 3. The maximum atomic E-state index is 13.5. The van der Waals surface area contributed by atoms with E-state index in [9.17, 15) is 27.9 Å². The van der Waals surface area contributed by atoms with Crippen LogP contribution in [-0.2, 0) is 17.5 Å². The van der Waals surface area contributed by atoms with Gasteiger partial charge >= 0.3 is 6.18 Å². The van der Waals surface area contributed by atoms with Crippen molar-refractivity contribution in [1.82, 2.24) is 25.6 Å². The number of alkyl halides is 3. The SMILES string of the molecule is CC(O)c1ccc(Oc2cnc(CNC(=O)C3(NC(=O)c4cncnc4)CC3)c(Cl)c2)c(C(F)(F)F)c1. The van der Waals surface area contributed by atoms with Crippen LogP contribution in [0.4, 0.5) is 13.2 Å². The first-order chi connectivity index (χ1) is 17.5. The lowest BCUT2D eigenvalue weighted by molar-refractivity contribution is -0.138. The van der Waals surface area contributed by atoms with Crippen LogP contribution in [-0.4, -0.2) is 37.4 Å². The second kappa shape index (κ2) is 10.3. The number of ether oxygens (including phenoxy) is 1. The van der Waals surface area contributed by atoms with Gasteiger partial charge in [-0.15, -0.1) is 0 Å². The number of halogens is 4. The normalized spacial score (nSPS) is 15.0. The highest BCUT2D eigenvalue weighted by atomic mass is 35.5. The van der Waals surface area contributed by atoms with Crippen molar-refractivity contribution in [3.8, 4) is 11.5 Å². The van der Waals surface area contributed by atoms with Gasteiger partial charge in [-0.05, 0) is 37.5 Å². The van der Waals surface area contributed by atoms with Gasteiger partial charge in [0, 0.05) is 18.5 Å². The third-order valence-electron chi connectivity index (χ3n) is 5.69. The van der Waals surface area contributed by atoms with Crippen LogP contribution < -0.4 is 15.4 Å². The highest BCUT2D eigenvalue weighted by Gasteiger charge is 2.51. The molecular formula is C24H21ClF3N5O4. The number of pyridine rings is 1. The van der Waals surface area contributed by atoms with Crippen molar-refractivity contribution in [1.29, 1.82) is 0 Å². The number of benzene rings is 1. The van der Waals surface area contributed by atoms with Gasteiger partial charge in [0.25, 0.3) is 5.91 Å². The molecule has 9 nitrogen and oxygen atoms in total. The van der Waals surface area contributed by atoms with Crippen LogP contribution in [0.2, 0.25) is 5.02 Å². The Morgan fingerprint density at radius 3 is 2.49 bits per heavy atom. The van der Waals surface area contributed by atoms with E-state index in [4.69, 9.17) is 16.3 Å². The number of carbonyl (C=O) groups excluding carboxylic acids is 2. The molecule has 3 N–H and O–H groups in total. The van der Waals surface area contributed by atoms with Crippen LogP contribution >= 0.6 is 11.6 Å². The van der Waals surface area contributed by atoms with Crippen LogP contribution in [0.1, 0.15) is 53.0 Å². The van der Waals surface area contributed by atoms with Crippen LogP contribution in [0.5, 0.6) is 11.5 Å². The van der Waals surface area contributed by atoms with Gasteiger partial charge in [-0.25, -0.2) is 9.97 Å². The molecule has 1 aromatic carbocycles. The summed E-state index contributed by atoms with van der Waals surface area (Å²) in [5.74, 6) is -1.44. The molecule has 37 heavy (non-hydrogen) atoms. The van der Waals surface area contributed by atoms with Crippen molar-refractivity contribution in [2.45, 2.75) is 44.1 Å². The van der Waals surface area contributed by atoms with Crippen molar-refractivity contribution in [3.63, 3.8) is 0 Å². The van der Waals surface area contributed by atoms with Gasteiger partial charge in [-0.2, -0.15) is 13.2 Å². The molecule has 4 rings (SSSR count). The van der Waals surface area contributed by atoms with E-state index in [0.717, 1.165) is 12.1 Å². The molecule has 2 amide bonds. The quantitative estimate of drug-likeness (QED) is 0.398. The fourth-order valence-corrected chi connectivity index (χ4v) is 3.68. The van der Waals surface area contributed by atoms with Gasteiger partial charge < -0.3 is 20.5 Å². The molecule has 1 unspecified atom stereocenters. The van der Waals surface area contributed by atoms with Crippen molar-refractivity contribution in [2.24, 2.45) is 0 Å². The fourth-order valence-electron chi connectivity index (χ4n) is 3.45. The van der Waals surface area contributed by atoms with E-state index < -0.39 is 40.9 Å². The predicted molar refractivity (Wildman–Crippen MR) is 125 cm³/mol. The van der Waals surface area contributed by atoms with Crippen LogP contribution in [0.3, 0.4) is 0 Å². The van der Waals surface area contributed by atoms with Crippen molar-refractivity contribution in [2.75, 3.05) is 0 Å². The predicted octanol–water partition coefficient (Wildman–Crippen LogP) is 3.97. The molecule has 1 atom stereocenters. The summed E-state index contributed by atoms with van der Waals surface area (Å²) >= 11 is 6.24. The summed E-state index contributed by atoms with van der Waals surface area (Å²) in [4.78, 5) is 36.7. The molecule has 3 aromatic rings. The maximum Gasteiger partial charge on any atom is 0.419 e. The second-order valence-corrected chi connectivity index (χ2v) is 8.88. The molecule has 1 fully saturated rings. The zero-order chi connectivity index (χ0) is 26.8. The van der Waals surface area contributed by atoms with Gasteiger partial charge in [0.15, 0.2) is 0 Å². The number of hydrogen-bond acceptors (Lipinski definition) is 7. The molecule has 0 saturated heterocycles. The van der Waals surface area contributed by atoms with E-state index in [1.54, 1.807) is 0 Å². The number of aliphatic hydroxyl groups is 1. The summed E-state index contributed by atoms with van der Waals surface area (Å²) in [6, 6.07) is 4.53. The average Bonchev–Trinajstić information content (AvgIpc) is 3.64. The lowest BCUT2D eigenvalue weighted by Gasteiger charge is -2.18. The van der Waals surface area contributed by atoms with E-state index in [1.807, 2.05) is 0 Å². The van der Waals surface area contributed by atoms with Gasteiger partial charge in [-0.1, -0.05) is 17.7 Å². The molecule has 0 spiro atoms. The first-order valence-corrected chi connectivity index (χ1v) is 11.4. The minimum atomic E-state index is -4.72. The summed E-state index contributed by atoms with van der Waals surface area (Å²) < 4.78 is 45.9. The third kappa shape index (κ3) is 6.15. The molecule has 2 aromatic heterocycles. The van der Waals surface area contributed by atoms with E-state index in [-0.39, 0.29) is 34.1 Å². The molecule has 2 heterocycles. The Hall–Kier alpha value is -3.77. The maximum absolute atomic E-state index is 13.5. The topological polar surface area (TPSA) is 126 Å². The number of nitrogens with one attached hydrogen (secondary N) is 2. The Bertz CT molecular complexity index is 1320. The minimum absolute atomic E-state index is 0.0496. The molecule has 194 valence electrons. The Morgan fingerprint density at radius 2 is 1.89 bits per heavy atom.